The van der Waals surface area contributed by atoms with Gasteiger partial charge >= 0.3 is 5.63 Å². The van der Waals surface area contributed by atoms with Crippen LogP contribution in [0.5, 0.6) is 0 Å². The van der Waals surface area contributed by atoms with E-state index in [0.717, 1.165) is 38.7 Å². The smallest absolute Gasteiger partial charge is 0.342 e. The quantitative estimate of drug-likeness (QED) is 0.381. The number of benzene rings is 3. The molecule has 3 heterocycles. The Morgan fingerprint density at radius 2 is 1.55 bits per heavy atom. The van der Waals surface area contributed by atoms with Gasteiger partial charge in [-0.2, -0.15) is 0 Å². The van der Waals surface area contributed by atoms with Gasteiger partial charge in [-0.05, 0) is 52.2 Å². The van der Waals surface area contributed by atoms with Gasteiger partial charge in [-0.3, -0.25) is 4.98 Å². The summed E-state index contributed by atoms with van der Waals surface area (Å²) >= 11 is 0. The van der Waals surface area contributed by atoms with Crippen molar-refractivity contribution in [3.05, 3.63) is 112 Å². The van der Waals surface area contributed by atoms with E-state index in [1.807, 2.05) is 48.5 Å². The second-order valence-electron chi connectivity index (χ2n) is 7.26. The minimum absolute atomic E-state index is 0.240. The summed E-state index contributed by atoms with van der Waals surface area (Å²) < 4.78 is 5.73. The lowest BCUT2D eigenvalue weighted by atomic mass is 9.79. The van der Waals surface area contributed by atoms with Crippen LogP contribution in [-0.4, -0.2) is 4.98 Å². The van der Waals surface area contributed by atoms with Crippen molar-refractivity contribution in [2.75, 3.05) is 5.32 Å². The first kappa shape index (κ1) is 16.1. The molecule has 29 heavy (non-hydrogen) atoms. The lowest BCUT2D eigenvalue weighted by molar-refractivity contribution is 0.549. The van der Waals surface area contributed by atoms with Crippen molar-refractivity contribution in [2.24, 2.45) is 0 Å². The lowest BCUT2D eigenvalue weighted by Gasteiger charge is -2.30. The zero-order valence-corrected chi connectivity index (χ0v) is 15.4. The van der Waals surface area contributed by atoms with E-state index in [4.69, 9.17) is 4.42 Å². The number of aromatic nitrogens is 1. The van der Waals surface area contributed by atoms with E-state index in [0.29, 0.717) is 11.1 Å². The predicted octanol–water partition coefficient (Wildman–Crippen LogP) is 5.58. The minimum atomic E-state index is -0.313. The number of hydrogen-bond donors (Lipinski definition) is 1. The highest BCUT2D eigenvalue weighted by molar-refractivity contribution is 6.00. The molecule has 0 saturated carbocycles. The van der Waals surface area contributed by atoms with Crippen molar-refractivity contribution in [2.45, 2.75) is 5.92 Å². The summed E-state index contributed by atoms with van der Waals surface area (Å²) in [4.78, 5) is 17.4. The molecule has 3 aromatic carbocycles. The predicted molar refractivity (Wildman–Crippen MR) is 115 cm³/mol. The molecule has 0 amide bonds. The number of rotatable bonds is 1. The van der Waals surface area contributed by atoms with Crippen LogP contribution < -0.4 is 10.9 Å². The second-order valence-corrected chi connectivity index (χ2v) is 7.26. The van der Waals surface area contributed by atoms with E-state index in [1.54, 1.807) is 12.4 Å². The molecule has 1 aliphatic rings. The van der Waals surface area contributed by atoms with Gasteiger partial charge in [0.1, 0.15) is 5.58 Å². The fraction of sp³-hybridized carbons (Fsp3) is 0.0400. The van der Waals surface area contributed by atoms with E-state index in [2.05, 4.69) is 34.6 Å². The van der Waals surface area contributed by atoms with Gasteiger partial charge in [0.2, 0.25) is 0 Å². The Labute approximate surface area is 166 Å². The zero-order valence-electron chi connectivity index (χ0n) is 15.4. The lowest BCUT2D eigenvalue weighted by Crippen LogP contribution is -2.22. The molecule has 1 N–H and O–H groups in total. The highest BCUT2D eigenvalue weighted by Gasteiger charge is 2.33. The van der Waals surface area contributed by atoms with Crippen LogP contribution in [0.15, 0.2) is 94.4 Å². The van der Waals surface area contributed by atoms with Crippen LogP contribution in [0.2, 0.25) is 0 Å². The number of anilines is 2. The normalized spacial score (nSPS) is 15.0. The molecule has 138 valence electrons. The van der Waals surface area contributed by atoms with Crippen molar-refractivity contribution >= 4 is 33.1 Å². The first-order chi connectivity index (χ1) is 14.3. The minimum Gasteiger partial charge on any atom is -0.422 e. The van der Waals surface area contributed by atoms with Gasteiger partial charge in [0, 0.05) is 29.4 Å². The molecule has 0 radical (unpaired) electrons. The van der Waals surface area contributed by atoms with Crippen LogP contribution in [0, 0.1) is 0 Å². The molecule has 0 spiro atoms. The Balaban J connectivity index is 1.78. The number of fused-ring (bicyclic) bond motifs is 6. The summed E-state index contributed by atoms with van der Waals surface area (Å²) in [6.07, 6.45) is 3.54. The molecule has 0 saturated heterocycles. The van der Waals surface area contributed by atoms with Crippen LogP contribution in [-0.2, 0) is 0 Å². The van der Waals surface area contributed by atoms with Crippen molar-refractivity contribution in [1.29, 1.82) is 0 Å². The number of para-hydroxylation sites is 1. The molecule has 2 aromatic heterocycles. The Morgan fingerprint density at radius 3 is 2.41 bits per heavy atom. The summed E-state index contributed by atoms with van der Waals surface area (Å²) in [5, 5.41) is 6.71. The molecular weight excluding hydrogens is 360 g/mol. The van der Waals surface area contributed by atoms with Crippen LogP contribution >= 0.6 is 0 Å². The van der Waals surface area contributed by atoms with Crippen molar-refractivity contribution in [3.8, 4) is 0 Å². The summed E-state index contributed by atoms with van der Waals surface area (Å²) in [5.74, 6) is -0.240. The maximum Gasteiger partial charge on any atom is 0.342 e. The van der Waals surface area contributed by atoms with Crippen LogP contribution in [0.25, 0.3) is 21.7 Å². The highest BCUT2D eigenvalue weighted by Crippen LogP contribution is 2.48. The van der Waals surface area contributed by atoms with Gasteiger partial charge < -0.3 is 9.73 Å². The molecule has 0 bridgehead atoms. The molecule has 0 unspecified atom stereocenters. The number of nitrogens with zero attached hydrogens (tertiary/aromatic N) is 1. The number of pyridine rings is 1. The van der Waals surface area contributed by atoms with Gasteiger partial charge in [0.25, 0.3) is 0 Å². The number of nitrogens with one attached hydrogen (secondary N) is 1. The zero-order chi connectivity index (χ0) is 19.4. The Bertz CT molecular complexity index is 1450. The van der Waals surface area contributed by atoms with E-state index in [-0.39, 0.29) is 11.5 Å². The Morgan fingerprint density at radius 1 is 0.793 bits per heavy atom. The van der Waals surface area contributed by atoms with Crippen LogP contribution in [0.3, 0.4) is 0 Å². The molecule has 0 aliphatic carbocycles. The van der Waals surface area contributed by atoms with E-state index in [9.17, 15) is 4.79 Å². The SMILES string of the molecule is O=c1oc2ccccc2c2c1[C@@H](c1ccncc1)c1c(ccc3ccccc13)N2. The second kappa shape index (κ2) is 6.04. The molecular formula is C25H16N2O2. The summed E-state index contributed by atoms with van der Waals surface area (Å²) in [6, 6.07) is 24.1. The maximum absolute atomic E-state index is 13.2. The molecule has 1 aliphatic heterocycles. The molecule has 5 aromatic rings. The summed E-state index contributed by atoms with van der Waals surface area (Å²) in [6.45, 7) is 0. The molecule has 0 fully saturated rings. The van der Waals surface area contributed by atoms with E-state index >= 15 is 0 Å². The third-order valence-electron chi connectivity index (χ3n) is 5.70. The first-order valence-electron chi connectivity index (χ1n) is 9.55. The average molecular weight is 376 g/mol. The van der Waals surface area contributed by atoms with Gasteiger partial charge in [-0.1, -0.05) is 42.5 Å². The maximum atomic E-state index is 13.2. The monoisotopic (exact) mass is 376 g/mol. The Kier molecular flexibility index (Phi) is 3.35. The average Bonchev–Trinajstić information content (AvgIpc) is 2.78. The van der Waals surface area contributed by atoms with Crippen molar-refractivity contribution in [1.82, 2.24) is 4.98 Å². The third-order valence-corrected chi connectivity index (χ3v) is 5.70. The standard InChI is InChI=1S/C25H16N2O2/c28-25-23-21(16-11-13-26-14-12-16)22-17-6-2-1-5-15(17)9-10-19(22)27-24(23)18-7-3-4-8-20(18)29-25/h1-14,21,27H/t21-/m0/s1. The number of hydrogen-bond acceptors (Lipinski definition) is 4. The summed E-state index contributed by atoms with van der Waals surface area (Å²) in [5.41, 5.74) is 4.84. The largest absolute Gasteiger partial charge is 0.422 e. The first-order valence-corrected chi connectivity index (χ1v) is 9.55. The molecule has 4 heteroatoms. The molecule has 6 rings (SSSR count). The van der Waals surface area contributed by atoms with Crippen LogP contribution in [0.1, 0.15) is 22.6 Å². The molecule has 1 atom stereocenters. The fourth-order valence-corrected chi connectivity index (χ4v) is 4.44. The van der Waals surface area contributed by atoms with Gasteiger partial charge in [0.15, 0.2) is 0 Å². The third kappa shape index (κ3) is 2.32. The summed E-state index contributed by atoms with van der Waals surface area (Å²) in [7, 11) is 0. The Hall–Kier alpha value is -3.92. The van der Waals surface area contributed by atoms with Gasteiger partial charge in [-0.25, -0.2) is 4.79 Å². The highest BCUT2D eigenvalue weighted by atomic mass is 16.4. The van der Waals surface area contributed by atoms with Gasteiger partial charge in [0.05, 0.1) is 11.3 Å². The van der Waals surface area contributed by atoms with Crippen molar-refractivity contribution in [3.63, 3.8) is 0 Å². The fourth-order valence-electron chi connectivity index (χ4n) is 4.44. The van der Waals surface area contributed by atoms with Crippen molar-refractivity contribution < 1.29 is 4.42 Å². The van der Waals surface area contributed by atoms with Crippen LogP contribution in [0.4, 0.5) is 11.4 Å². The molecule has 4 nitrogen and oxygen atoms in total. The van der Waals surface area contributed by atoms with Gasteiger partial charge in [-0.15, -0.1) is 0 Å². The topological polar surface area (TPSA) is 55.1 Å². The van der Waals surface area contributed by atoms with E-state index in [1.165, 1.54) is 0 Å². The van der Waals surface area contributed by atoms with E-state index < -0.39 is 0 Å².